The third kappa shape index (κ3) is 9.08. The van der Waals surface area contributed by atoms with Crippen molar-refractivity contribution in [2.75, 3.05) is 0 Å². The van der Waals surface area contributed by atoms with Gasteiger partial charge in [0.05, 0.1) is 0 Å². The molecule has 0 rings (SSSR count). The van der Waals surface area contributed by atoms with Crippen LogP contribution < -0.4 is 0 Å². The van der Waals surface area contributed by atoms with Gasteiger partial charge < -0.3 is 0 Å². The van der Waals surface area contributed by atoms with E-state index in [2.05, 4.69) is 13.8 Å². The summed E-state index contributed by atoms with van der Waals surface area (Å²) < 4.78 is 0. The van der Waals surface area contributed by atoms with Crippen molar-refractivity contribution in [1.82, 2.24) is 0 Å². The second kappa shape index (κ2) is 10.1. The first kappa shape index (κ1) is 13.0. The zero-order valence-corrected chi connectivity index (χ0v) is 10.4. The Hall–Kier alpha value is 0.990. The summed E-state index contributed by atoms with van der Waals surface area (Å²) >= 11 is 0. The van der Waals surface area contributed by atoms with Crippen molar-refractivity contribution in [3.8, 4) is 0 Å². The summed E-state index contributed by atoms with van der Waals surface area (Å²) in [6.07, 6.45) is 8.21. The molecule has 0 bridgehead atoms. The van der Waals surface area contributed by atoms with Gasteiger partial charge in [-0.15, -0.1) is 0 Å². The van der Waals surface area contributed by atoms with E-state index in [0.29, 0.717) is 5.25 Å². The molecule has 1 unspecified atom stereocenters. The molecule has 0 spiro atoms. The maximum atomic E-state index is 5.54. The van der Waals surface area contributed by atoms with Gasteiger partial charge in [0.2, 0.25) is 0 Å². The molecule has 0 radical (unpaired) electrons. The number of rotatable bonds is 8. The number of hydrogen-bond donors (Lipinski definition) is 0. The van der Waals surface area contributed by atoms with Gasteiger partial charge in [-0.05, 0) is 17.1 Å². The quantitative estimate of drug-likeness (QED) is 0.409. The summed E-state index contributed by atoms with van der Waals surface area (Å²) in [6.45, 7) is 4.50. The summed E-state index contributed by atoms with van der Waals surface area (Å²) in [4.78, 5) is 0. The van der Waals surface area contributed by atoms with Crippen LogP contribution in [-0.4, -0.2) is 5.25 Å². The average Bonchev–Trinajstić information content (AvgIpc) is 2.05. The Balaban J connectivity index is 2.97. The zero-order valence-electron chi connectivity index (χ0n) is 8.01. The third-order valence-corrected chi connectivity index (χ3v) is 4.41. The van der Waals surface area contributed by atoms with Crippen LogP contribution in [0, 0.1) is 0 Å². The molecule has 0 aliphatic heterocycles. The molecule has 0 nitrogen and oxygen atoms in total. The first-order chi connectivity index (χ1) is 5.81. The first-order valence-electron chi connectivity index (χ1n) is 4.75. The van der Waals surface area contributed by atoms with Crippen molar-refractivity contribution in [3.05, 3.63) is 0 Å². The van der Waals surface area contributed by atoms with Crippen molar-refractivity contribution >= 4 is 31.5 Å². The number of hydrogen-bond acceptors (Lipinski definition) is 2. The Kier molecular flexibility index (Phi) is 10.9. The fraction of sp³-hybridized carbons (Fsp3) is 1.00. The molecule has 0 saturated heterocycles. The van der Waals surface area contributed by atoms with Crippen LogP contribution in [0.1, 0.15) is 52.4 Å². The maximum Gasteiger partial charge on any atom is 0.0139 e. The molecule has 0 aromatic heterocycles. The van der Waals surface area contributed by atoms with Crippen molar-refractivity contribution in [2.45, 2.75) is 57.6 Å². The second-order valence-electron chi connectivity index (χ2n) is 3.17. The van der Waals surface area contributed by atoms with Crippen LogP contribution in [0.5, 0.6) is 0 Å². The highest BCUT2D eigenvalue weighted by Crippen LogP contribution is 2.32. The Morgan fingerprint density at radius 2 is 1.83 bits per heavy atom. The smallest absolute Gasteiger partial charge is 0.0139 e. The lowest BCUT2D eigenvalue weighted by atomic mass is 10.1. The SMILES string of the molecule is CCCCCCCC(C)SSCl. The Morgan fingerprint density at radius 3 is 2.42 bits per heavy atom. The molecule has 0 amide bonds. The third-order valence-electron chi connectivity index (χ3n) is 1.91. The maximum absolute atomic E-state index is 5.54. The van der Waals surface area contributed by atoms with Crippen LogP contribution in [0.15, 0.2) is 0 Å². The highest BCUT2D eigenvalue weighted by molar-refractivity contribution is 8.85. The molecule has 0 saturated carbocycles. The van der Waals surface area contributed by atoms with Crippen LogP contribution in [-0.2, 0) is 0 Å². The molecule has 3 heteroatoms. The van der Waals surface area contributed by atoms with Crippen LogP contribution in [0.3, 0.4) is 0 Å². The standard InChI is InChI=1S/C9H19ClS2/c1-3-4-5-6-7-8-9(2)11-12-10/h9H,3-8H2,1-2H3. The second-order valence-corrected chi connectivity index (χ2v) is 6.39. The van der Waals surface area contributed by atoms with Crippen LogP contribution >= 0.6 is 31.5 Å². The van der Waals surface area contributed by atoms with E-state index < -0.39 is 0 Å². The monoisotopic (exact) mass is 226 g/mol. The topological polar surface area (TPSA) is 0 Å². The van der Waals surface area contributed by atoms with Gasteiger partial charge in [0.1, 0.15) is 0 Å². The van der Waals surface area contributed by atoms with Gasteiger partial charge in [-0.3, -0.25) is 0 Å². The van der Waals surface area contributed by atoms with Crippen LogP contribution in [0.2, 0.25) is 0 Å². The van der Waals surface area contributed by atoms with E-state index in [1.807, 2.05) is 0 Å². The lowest BCUT2D eigenvalue weighted by molar-refractivity contribution is 0.607. The number of halogens is 1. The molecule has 12 heavy (non-hydrogen) atoms. The van der Waals surface area contributed by atoms with E-state index in [1.165, 1.54) is 48.5 Å². The van der Waals surface area contributed by atoms with E-state index in [1.54, 1.807) is 10.8 Å². The predicted molar refractivity (Wildman–Crippen MR) is 63.9 cm³/mol. The van der Waals surface area contributed by atoms with E-state index in [-0.39, 0.29) is 0 Å². The summed E-state index contributed by atoms with van der Waals surface area (Å²) in [7, 11) is 8.68. The fourth-order valence-electron chi connectivity index (χ4n) is 1.15. The molecule has 0 aromatic carbocycles. The van der Waals surface area contributed by atoms with Crippen molar-refractivity contribution in [3.63, 3.8) is 0 Å². The van der Waals surface area contributed by atoms with Gasteiger partial charge in [-0.2, -0.15) is 0 Å². The average molecular weight is 227 g/mol. The Labute approximate surface area is 89.1 Å². The molecule has 0 N–H and O–H groups in total. The summed E-state index contributed by atoms with van der Waals surface area (Å²) in [5.74, 6) is 0. The van der Waals surface area contributed by atoms with Gasteiger partial charge in [-0.1, -0.05) is 56.7 Å². The lowest BCUT2D eigenvalue weighted by Gasteiger charge is -2.06. The Morgan fingerprint density at radius 1 is 1.17 bits per heavy atom. The minimum Gasteiger partial charge on any atom is -0.0742 e. The number of unbranched alkanes of at least 4 members (excludes halogenated alkanes) is 4. The van der Waals surface area contributed by atoms with E-state index >= 15 is 0 Å². The fourth-order valence-corrected chi connectivity index (χ4v) is 3.31. The van der Waals surface area contributed by atoms with Gasteiger partial charge >= 0.3 is 0 Å². The molecule has 0 fully saturated rings. The van der Waals surface area contributed by atoms with Crippen molar-refractivity contribution < 1.29 is 0 Å². The van der Waals surface area contributed by atoms with E-state index in [4.69, 9.17) is 10.7 Å². The summed E-state index contributed by atoms with van der Waals surface area (Å²) in [5, 5.41) is 0.717. The minimum atomic E-state index is 0.717. The highest BCUT2D eigenvalue weighted by atomic mass is 35.7. The molecule has 0 aromatic rings. The molecule has 74 valence electrons. The van der Waals surface area contributed by atoms with Gasteiger partial charge in [0.25, 0.3) is 0 Å². The molecule has 0 aliphatic rings. The summed E-state index contributed by atoms with van der Waals surface area (Å²) in [6, 6.07) is 0. The lowest BCUT2D eigenvalue weighted by Crippen LogP contribution is -1.92. The predicted octanol–water partition coefficient (Wildman–Crippen LogP) is 5.27. The van der Waals surface area contributed by atoms with E-state index in [0.717, 1.165) is 0 Å². The Bertz CT molecular complexity index is 88.6. The first-order valence-corrected chi connectivity index (χ1v) is 7.79. The van der Waals surface area contributed by atoms with Gasteiger partial charge in [-0.25, -0.2) is 0 Å². The van der Waals surface area contributed by atoms with E-state index in [9.17, 15) is 0 Å². The van der Waals surface area contributed by atoms with Crippen molar-refractivity contribution in [1.29, 1.82) is 0 Å². The molecule has 0 heterocycles. The largest absolute Gasteiger partial charge is 0.0742 e. The minimum absolute atomic E-state index is 0.717. The molecular weight excluding hydrogens is 208 g/mol. The van der Waals surface area contributed by atoms with Crippen LogP contribution in [0.4, 0.5) is 0 Å². The van der Waals surface area contributed by atoms with Crippen molar-refractivity contribution in [2.24, 2.45) is 0 Å². The van der Waals surface area contributed by atoms with Gasteiger partial charge in [0.15, 0.2) is 0 Å². The molecule has 0 aliphatic carbocycles. The zero-order chi connectivity index (χ0) is 9.23. The van der Waals surface area contributed by atoms with Gasteiger partial charge in [0, 0.05) is 15.3 Å². The normalized spacial score (nSPS) is 13.2. The molecule has 1 atom stereocenters. The van der Waals surface area contributed by atoms with Crippen LogP contribution in [0.25, 0.3) is 0 Å². The summed E-state index contributed by atoms with van der Waals surface area (Å²) in [5.41, 5.74) is 0. The molecular formula is C9H19ClS2. The highest BCUT2D eigenvalue weighted by Gasteiger charge is 2.01.